The van der Waals surface area contributed by atoms with Gasteiger partial charge in [0.15, 0.2) is 11.2 Å². The van der Waals surface area contributed by atoms with Gasteiger partial charge in [-0.1, -0.05) is 20.8 Å². The predicted molar refractivity (Wildman–Crippen MR) is 86.4 cm³/mol. The monoisotopic (exact) mass is 335 g/mol. The van der Waals surface area contributed by atoms with Crippen LogP contribution in [0.5, 0.6) is 0 Å². The number of amides is 1. The Bertz CT molecular complexity index is 812. The normalized spacial score (nSPS) is 24.0. The Labute approximate surface area is 138 Å². The maximum absolute atomic E-state index is 12.2. The second-order valence-corrected chi connectivity index (χ2v) is 6.22. The van der Waals surface area contributed by atoms with E-state index >= 15 is 0 Å². The molecule has 1 aliphatic rings. The summed E-state index contributed by atoms with van der Waals surface area (Å²) in [6.45, 7) is 5.43. The van der Waals surface area contributed by atoms with Gasteiger partial charge in [-0.3, -0.25) is 24.5 Å². The summed E-state index contributed by atoms with van der Waals surface area (Å²) in [5.74, 6) is -0.421. The van der Waals surface area contributed by atoms with Crippen LogP contribution in [0.2, 0.25) is 0 Å². The molecule has 0 spiro atoms. The maximum atomic E-state index is 12.2. The second kappa shape index (κ2) is 6.33. The van der Waals surface area contributed by atoms with Crippen LogP contribution in [0.3, 0.4) is 0 Å². The van der Waals surface area contributed by atoms with Crippen molar-refractivity contribution in [2.75, 3.05) is 5.32 Å². The van der Waals surface area contributed by atoms with Gasteiger partial charge in [-0.25, -0.2) is 4.98 Å². The van der Waals surface area contributed by atoms with Crippen LogP contribution in [0.4, 0.5) is 5.95 Å². The van der Waals surface area contributed by atoms with Crippen molar-refractivity contribution in [1.82, 2.24) is 19.5 Å². The highest BCUT2D eigenvalue weighted by Crippen LogP contribution is 2.31. The summed E-state index contributed by atoms with van der Waals surface area (Å²) in [7, 11) is 0. The number of carbonyl (C=O) groups is 1. The van der Waals surface area contributed by atoms with Crippen LogP contribution in [0.1, 0.15) is 39.8 Å². The molecule has 0 aliphatic carbocycles. The van der Waals surface area contributed by atoms with E-state index in [1.165, 1.54) is 6.33 Å². The summed E-state index contributed by atoms with van der Waals surface area (Å²) in [6, 6.07) is 0. The molecule has 1 amide bonds. The smallest absolute Gasteiger partial charge is 0.280 e. The molecule has 3 rings (SSSR count). The van der Waals surface area contributed by atoms with Gasteiger partial charge in [0.1, 0.15) is 6.23 Å². The largest absolute Gasteiger partial charge is 0.390 e. The van der Waals surface area contributed by atoms with Gasteiger partial charge < -0.3 is 9.84 Å². The summed E-state index contributed by atoms with van der Waals surface area (Å²) < 4.78 is 7.43. The molecule has 0 saturated carbocycles. The van der Waals surface area contributed by atoms with E-state index in [4.69, 9.17) is 4.74 Å². The Morgan fingerprint density at radius 2 is 2.33 bits per heavy atom. The lowest BCUT2D eigenvalue weighted by atomic mass is 10.1. The van der Waals surface area contributed by atoms with E-state index in [1.807, 2.05) is 6.92 Å². The van der Waals surface area contributed by atoms with Crippen molar-refractivity contribution in [2.45, 2.75) is 52.0 Å². The van der Waals surface area contributed by atoms with Crippen LogP contribution in [0, 0.1) is 5.92 Å². The van der Waals surface area contributed by atoms with E-state index in [9.17, 15) is 14.7 Å². The number of nitrogens with one attached hydrogen (secondary N) is 2. The van der Waals surface area contributed by atoms with Crippen LogP contribution < -0.4 is 10.9 Å². The molecule has 9 heteroatoms. The molecule has 24 heavy (non-hydrogen) atoms. The number of H-pyrrole nitrogens is 1. The first-order chi connectivity index (χ1) is 11.4. The third-order valence-corrected chi connectivity index (χ3v) is 4.12. The standard InChI is InChI=1S/C15H21N5O4/c1-4-9-8(21)5-10(24-9)20-6-16-11-12(20)17-15(19-14(11)23)18-13(22)7(2)3/h6-10,21H,4-5H2,1-3H3,(H2,17,18,19,22,23)/t8?,9-,10-/m1/s1. The maximum Gasteiger partial charge on any atom is 0.280 e. The van der Waals surface area contributed by atoms with Gasteiger partial charge in [-0.2, -0.15) is 4.98 Å². The number of anilines is 1. The minimum absolute atomic E-state index is 0.0681. The van der Waals surface area contributed by atoms with E-state index in [2.05, 4.69) is 20.3 Å². The van der Waals surface area contributed by atoms with Crippen molar-refractivity contribution in [3.05, 3.63) is 16.7 Å². The molecule has 2 aromatic rings. The highest BCUT2D eigenvalue weighted by Gasteiger charge is 2.34. The fourth-order valence-corrected chi connectivity index (χ4v) is 2.71. The molecule has 2 aromatic heterocycles. The third kappa shape index (κ3) is 2.92. The molecule has 0 radical (unpaired) electrons. The number of fused-ring (bicyclic) bond motifs is 1. The van der Waals surface area contributed by atoms with Gasteiger partial charge in [0.2, 0.25) is 11.9 Å². The zero-order valence-electron chi connectivity index (χ0n) is 13.8. The van der Waals surface area contributed by atoms with Crippen molar-refractivity contribution in [3.63, 3.8) is 0 Å². The number of aromatic amines is 1. The van der Waals surface area contributed by atoms with E-state index < -0.39 is 17.9 Å². The second-order valence-electron chi connectivity index (χ2n) is 6.22. The van der Waals surface area contributed by atoms with Crippen molar-refractivity contribution < 1.29 is 14.6 Å². The van der Waals surface area contributed by atoms with Gasteiger partial charge in [0, 0.05) is 12.3 Å². The molecule has 1 fully saturated rings. The number of nitrogens with zero attached hydrogens (tertiary/aromatic N) is 3. The topological polar surface area (TPSA) is 122 Å². The molecule has 9 nitrogen and oxygen atoms in total. The molecular formula is C15H21N5O4. The Morgan fingerprint density at radius 1 is 1.58 bits per heavy atom. The number of carbonyl (C=O) groups excluding carboxylic acids is 1. The number of ether oxygens (including phenoxy) is 1. The summed E-state index contributed by atoms with van der Waals surface area (Å²) in [5.41, 5.74) is 0.0331. The van der Waals surface area contributed by atoms with E-state index in [1.54, 1.807) is 18.4 Å². The van der Waals surface area contributed by atoms with Crippen LogP contribution in [-0.2, 0) is 9.53 Å². The van der Waals surface area contributed by atoms with Crippen molar-refractivity contribution >= 4 is 23.0 Å². The van der Waals surface area contributed by atoms with E-state index in [-0.39, 0.29) is 29.4 Å². The van der Waals surface area contributed by atoms with E-state index in [0.29, 0.717) is 18.5 Å². The number of aliphatic hydroxyl groups is 1. The van der Waals surface area contributed by atoms with Crippen LogP contribution >= 0.6 is 0 Å². The molecule has 130 valence electrons. The van der Waals surface area contributed by atoms with Gasteiger partial charge in [0.05, 0.1) is 18.5 Å². The lowest BCUT2D eigenvalue weighted by Gasteiger charge is -2.14. The lowest BCUT2D eigenvalue weighted by molar-refractivity contribution is -0.118. The SMILES string of the molecule is CC[C@H]1O[C@@H](n2cnc3c(=O)[nH]c(NC(=O)C(C)C)nc32)CC1O. The molecule has 3 heterocycles. The Balaban J connectivity index is 1.97. The highest BCUT2D eigenvalue weighted by molar-refractivity contribution is 5.91. The Hall–Kier alpha value is -2.26. The first kappa shape index (κ1) is 16.6. The Morgan fingerprint density at radius 3 is 2.96 bits per heavy atom. The quantitative estimate of drug-likeness (QED) is 0.758. The fourth-order valence-electron chi connectivity index (χ4n) is 2.71. The molecule has 3 atom stereocenters. The number of aromatic nitrogens is 4. The summed E-state index contributed by atoms with van der Waals surface area (Å²) in [6.07, 6.45) is 1.28. The van der Waals surface area contributed by atoms with Gasteiger partial charge in [-0.15, -0.1) is 0 Å². The zero-order valence-corrected chi connectivity index (χ0v) is 13.8. The fraction of sp³-hybridized carbons (Fsp3) is 0.600. The van der Waals surface area contributed by atoms with Crippen LogP contribution in [-0.4, -0.2) is 42.7 Å². The molecular weight excluding hydrogens is 314 g/mol. The Kier molecular flexibility index (Phi) is 4.37. The molecule has 3 N–H and O–H groups in total. The van der Waals surface area contributed by atoms with Crippen molar-refractivity contribution in [2.24, 2.45) is 5.92 Å². The first-order valence-electron chi connectivity index (χ1n) is 8.02. The molecule has 1 aliphatic heterocycles. The van der Waals surface area contributed by atoms with Crippen LogP contribution in [0.15, 0.2) is 11.1 Å². The molecule has 1 unspecified atom stereocenters. The summed E-state index contributed by atoms with van der Waals surface area (Å²) in [5, 5.41) is 12.6. The predicted octanol–water partition coefficient (Wildman–Crippen LogP) is 0.772. The molecule has 0 aromatic carbocycles. The van der Waals surface area contributed by atoms with Crippen molar-refractivity contribution in [3.8, 4) is 0 Å². The first-order valence-corrected chi connectivity index (χ1v) is 8.02. The van der Waals surface area contributed by atoms with Gasteiger partial charge in [-0.05, 0) is 6.42 Å². The minimum atomic E-state index is -0.570. The number of rotatable bonds is 4. The van der Waals surface area contributed by atoms with Gasteiger partial charge >= 0.3 is 0 Å². The number of imidazole rings is 1. The van der Waals surface area contributed by atoms with Crippen molar-refractivity contribution in [1.29, 1.82) is 0 Å². The molecule has 0 bridgehead atoms. The average Bonchev–Trinajstić information content (AvgIpc) is 3.10. The number of aliphatic hydroxyl groups excluding tert-OH is 1. The van der Waals surface area contributed by atoms with Crippen LogP contribution in [0.25, 0.3) is 11.2 Å². The summed E-state index contributed by atoms with van der Waals surface area (Å²) in [4.78, 5) is 34.8. The van der Waals surface area contributed by atoms with E-state index in [0.717, 1.165) is 0 Å². The number of hydrogen-bond donors (Lipinski definition) is 3. The average molecular weight is 335 g/mol. The minimum Gasteiger partial charge on any atom is -0.390 e. The molecule has 1 saturated heterocycles. The van der Waals surface area contributed by atoms with Gasteiger partial charge in [0.25, 0.3) is 5.56 Å². The highest BCUT2D eigenvalue weighted by atomic mass is 16.5. The number of hydrogen-bond acceptors (Lipinski definition) is 6. The lowest BCUT2D eigenvalue weighted by Crippen LogP contribution is -2.22. The summed E-state index contributed by atoms with van der Waals surface area (Å²) >= 11 is 0. The third-order valence-electron chi connectivity index (χ3n) is 4.12. The zero-order chi connectivity index (χ0) is 17.4.